The largest absolute Gasteiger partial charge is 0.373 e. The molecule has 0 atom stereocenters. The van der Waals surface area contributed by atoms with Gasteiger partial charge in [0.25, 0.3) is 0 Å². The van der Waals surface area contributed by atoms with Crippen LogP contribution in [0.25, 0.3) is 0 Å². The SMILES string of the molecule is C=CN(CC)CC[NH3+]. The first-order chi connectivity index (χ1) is 3.85. The van der Waals surface area contributed by atoms with Crippen LogP contribution in [0.3, 0.4) is 0 Å². The number of likely N-dealkylation sites (N-methyl/N-ethyl adjacent to an activating group) is 1. The average molecular weight is 115 g/mol. The monoisotopic (exact) mass is 115 g/mol. The zero-order valence-corrected chi connectivity index (χ0v) is 5.56. The highest BCUT2D eigenvalue weighted by Gasteiger charge is 1.89. The molecule has 0 saturated heterocycles. The molecule has 3 N–H and O–H groups in total. The summed E-state index contributed by atoms with van der Waals surface area (Å²) in [6, 6.07) is 0. The molecular weight excluding hydrogens is 100 g/mol. The Morgan fingerprint density at radius 1 is 1.75 bits per heavy atom. The van der Waals surface area contributed by atoms with Crippen molar-refractivity contribution in [2.75, 3.05) is 19.6 Å². The van der Waals surface area contributed by atoms with Gasteiger partial charge >= 0.3 is 0 Å². The quantitative estimate of drug-likeness (QED) is 0.535. The Balaban J connectivity index is 3.21. The van der Waals surface area contributed by atoms with Crippen molar-refractivity contribution in [2.45, 2.75) is 6.92 Å². The van der Waals surface area contributed by atoms with Crippen LogP contribution in [0.5, 0.6) is 0 Å². The van der Waals surface area contributed by atoms with Crippen molar-refractivity contribution in [3.63, 3.8) is 0 Å². The second kappa shape index (κ2) is 4.65. The average Bonchev–Trinajstić information content (AvgIpc) is 1.83. The number of quaternary nitrogens is 1. The number of hydrogen-bond acceptors (Lipinski definition) is 1. The summed E-state index contributed by atoms with van der Waals surface area (Å²) in [6.45, 7) is 8.78. The van der Waals surface area contributed by atoms with Crippen LogP contribution in [0.4, 0.5) is 0 Å². The third kappa shape index (κ3) is 2.64. The molecular formula is C6H15N2+. The van der Waals surface area contributed by atoms with E-state index in [-0.39, 0.29) is 0 Å². The van der Waals surface area contributed by atoms with Gasteiger partial charge in [0.1, 0.15) is 0 Å². The van der Waals surface area contributed by atoms with E-state index in [0.29, 0.717) is 0 Å². The molecule has 0 amide bonds. The van der Waals surface area contributed by atoms with Crippen LogP contribution in [-0.4, -0.2) is 24.5 Å². The third-order valence-electron chi connectivity index (χ3n) is 1.11. The molecule has 0 rings (SSSR count). The van der Waals surface area contributed by atoms with E-state index in [0.717, 1.165) is 19.6 Å². The summed E-state index contributed by atoms with van der Waals surface area (Å²) >= 11 is 0. The van der Waals surface area contributed by atoms with Crippen LogP contribution in [0, 0.1) is 0 Å². The van der Waals surface area contributed by atoms with Crippen molar-refractivity contribution in [1.82, 2.24) is 4.90 Å². The Morgan fingerprint density at radius 2 is 2.38 bits per heavy atom. The molecule has 2 nitrogen and oxygen atoms in total. The second-order valence-electron chi connectivity index (χ2n) is 1.66. The first kappa shape index (κ1) is 7.50. The van der Waals surface area contributed by atoms with Crippen LogP contribution in [0.15, 0.2) is 12.8 Å². The third-order valence-corrected chi connectivity index (χ3v) is 1.11. The lowest BCUT2D eigenvalue weighted by Gasteiger charge is -2.13. The van der Waals surface area contributed by atoms with E-state index < -0.39 is 0 Å². The summed E-state index contributed by atoms with van der Waals surface area (Å²) in [5, 5.41) is 0. The van der Waals surface area contributed by atoms with Crippen molar-refractivity contribution in [2.24, 2.45) is 0 Å². The summed E-state index contributed by atoms with van der Waals surface area (Å²) in [5.41, 5.74) is 3.73. The van der Waals surface area contributed by atoms with Gasteiger partial charge in [0, 0.05) is 6.54 Å². The van der Waals surface area contributed by atoms with E-state index in [4.69, 9.17) is 0 Å². The van der Waals surface area contributed by atoms with Gasteiger partial charge in [-0.15, -0.1) is 0 Å². The van der Waals surface area contributed by atoms with Crippen LogP contribution in [0.2, 0.25) is 0 Å². The van der Waals surface area contributed by atoms with Crippen LogP contribution < -0.4 is 5.73 Å². The molecule has 0 aliphatic carbocycles. The molecule has 48 valence electrons. The fourth-order valence-corrected chi connectivity index (χ4v) is 0.582. The minimum Gasteiger partial charge on any atom is -0.373 e. The zero-order valence-electron chi connectivity index (χ0n) is 5.56. The highest BCUT2D eigenvalue weighted by Crippen LogP contribution is 1.82. The van der Waals surface area contributed by atoms with E-state index in [9.17, 15) is 0 Å². The standard InChI is InChI=1S/C6H14N2/c1-3-8(4-2)6-5-7/h3H,1,4-7H2,2H3/p+1. The Bertz CT molecular complexity index is 61.5. The maximum atomic E-state index is 3.73. The molecule has 0 radical (unpaired) electrons. The van der Waals surface area contributed by atoms with Crippen LogP contribution in [-0.2, 0) is 0 Å². The lowest BCUT2D eigenvalue weighted by atomic mass is 10.5. The van der Waals surface area contributed by atoms with Gasteiger partial charge in [-0.3, -0.25) is 0 Å². The summed E-state index contributed by atoms with van der Waals surface area (Å²) in [4.78, 5) is 2.13. The van der Waals surface area contributed by atoms with Gasteiger partial charge in [-0.1, -0.05) is 6.58 Å². The molecule has 2 heteroatoms. The van der Waals surface area contributed by atoms with Gasteiger partial charge in [0.05, 0.1) is 13.1 Å². The molecule has 0 aromatic heterocycles. The Morgan fingerprint density at radius 3 is 2.50 bits per heavy atom. The molecule has 0 spiro atoms. The molecule has 0 aliphatic rings. The second-order valence-corrected chi connectivity index (χ2v) is 1.66. The van der Waals surface area contributed by atoms with E-state index in [2.05, 4.69) is 24.1 Å². The van der Waals surface area contributed by atoms with Crippen LogP contribution in [0.1, 0.15) is 6.92 Å². The summed E-state index contributed by atoms with van der Waals surface area (Å²) in [6.07, 6.45) is 1.85. The fourth-order valence-electron chi connectivity index (χ4n) is 0.582. The maximum Gasteiger partial charge on any atom is 0.0917 e. The Labute approximate surface area is 51.0 Å². The molecule has 0 aromatic carbocycles. The van der Waals surface area contributed by atoms with E-state index in [1.807, 2.05) is 6.20 Å². The van der Waals surface area contributed by atoms with Gasteiger partial charge in [-0.05, 0) is 13.1 Å². The number of hydrogen-bond donors (Lipinski definition) is 1. The van der Waals surface area contributed by atoms with Crippen molar-refractivity contribution in [3.05, 3.63) is 12.8 Å². The lowest BCUT2D eigenvalue weighted by Crippen LogP contribution is -2.54. The van der Waals surface area contributed by atoms with Gasteiger partial charge in [-0.25, -0.2) is 0 Å². The highest BCUT2D eigenvalue weighted by molar-refractivity contribution is 4.67. The van der Waals surface area contributed by atoms with Gasteiger partial charge in [0.15, 0.2) is 0 Å². The molecule has 0 unspecified atom stereocenters. The summed E-state index contributed by atoms with van der Waals surface area (Å²) in [5.74, 6) is 0. The van der Waals surface area contributed by atoms with E-state index in [1.54, 1.807) is 0 Å². The molecule has 0 saturated carbocycles. The molecule has 0 fully saturated rings. The molecule has 0 heterocycles. The normalized spacial score (nSPS) is 8.75. The summed E-state index contributed by atoms with van der Waals surface area (Å²) < 4.78 is 0. The number of nitrogens with zero attached hydrogens (tertiary/aromatic N) is 1. The molecule has 0 aromatic rings. The first-order valence-corrected chi connectivity index (χ1v) is 3.01. The predicted octanol–water partition coefficient (Wildman–Crippen LogP) is -0.306. The van der Waals surface area contributed by atoms with Crippen molar-refractivity contribution in [3.8, 4) is 0 Å². The predicted molar refractivity (Wildman–Crippen MR) is 35.2 cm³/mol. The lowest BCUT2D eigenvalue weighted by molar-refractivity contribution is -0.368. The van der Waals surface area contributed by atoms with E-state index >= 15 is 0 Å². The molecule has 0 bridgehead atoms. The molecule has 8 heavy (non-hydrogen) atoms. The highest BCUT2D eigenvalue weighted by atomic mass is 15.1. The first-order valence-electron chi connectivity index (χ1n) is 3.01. The van der Waals surface area contributed by atoms with Crippen molar-refractivity contribution in [1.29, 1.82) is 0 Å². The smallest absolute Gasteiger partial charge is 0.0917 e. The number of rotatable bonds is 4. The van der Waals surface area contributed by atoms with Crippen LogP contribution >= 0.6 is 0 Å². The topological polar surface area (TPSA) is 30.9 Å². The molecule has 0 aliphatic heterocycles. The van der Waals surface area contributed by atoms with Gasteiger partial charge in [0.2, 0.25) is 0 Å². The summed E-state index contributed by atoms with van der Waals surface area (Å²) in [7, 11) is 0. The van der Waals surface area contributed by atoms with Gasteiger partial charge < -0.3 is 10.6 Å². The maximum absolute atomic E-state index is 3.73. The minimum atomic E-state index is 0.958. The van der Waals surface area contributed by atoms with Crippen molar-refractivity contribution >= 4 is 0 Å². The zero-order chi connectivity index (χ0) is 6.41. The minimum absolute atomic E-state index is 0.958. The Kier molecular flexibility index (Phi) is 4.36. The van der Waals surface area contributed by atoms with Crippen molar-refractivity contribution < 1.29 is 5.73 Å². The Hall–Kier alpha value is -0.500. The fraction of sp³-hybridized carbons (Fsp3) is 0.667. The van der Waals surface area contributed by atoms with Gasteiger partial charge in [-0.2, -0.15) is 0 Å². The van der Waals surface area contributed by atoms with E-state index in [1.165, 1.54) is 0 Å².